The van der Waals surface area contributed by atoms with Gasteiger partial charge < -0.3 is 24.3 Å². The van der Waals surface area contributed by atoms with E-state index in [0.717, 1.165) is 10.0 Å². The van der Waals surface area contributed by atoms with Crippen LogP contribution in [0.1, 0.15) is 35.8 Å². The molecular formula is C20H21BrN2O7. The first-order chi connectivity index (χ1) is 14.3. The molecule has 1 amide bonds. The van der Waals surface area contributed by atoms with Gasteiger partial charge in [0.1, 0.15) is 18.8 Å². The number of nitrogens with one attached hydrogen (secondary N) is 1. The van der Waals surface area contributed by atoms with Crippen molar-refractivity contribution >= 4 is 27.5 Å². The Bertz CT molecular complexity index is 980. The van der Waals surface area contributed by atoms with Gasteiger partial charge in [0, 0.05) is 10.5 Å². The number of rotatable bonds is 7. The maximum atomic E-state index is 12.9. The molecule has 0 radical (unpaired) electrons. The molecular weight excluding hydrogens is 460 g/mol. The molecule has 1 unspecified atom stereocenters. The Morgan fingerprint density at radius 3 is 2.50 bits per heavy atom. The third kappa shape index (κ3) is 4.43. The Kier molecular flexibility index (Phi) is 6.66. The van der Waals surface area contributed by atoms with Crippen LogP contribution in [0.5, 0.6) is 23.0 Å². The second-order valence-electron chi connectivity index (χ2n) is 6.42. The molecule has 1 N–H and O–H groups in total. The molecule has 10 heteroatoms. The summed E-state index contributed by atoms with van der Waals surface area (Å²) in [5.41, 5.74) is 0.249. The first kappa shape index (κ1) is 21.7. The largest absolute Gasteiger partial charge is 0.493 e. The number of carbonyl (C=O) groups is 1. The van der Waals surface area contributed by atoms with Crippen LogP contribution in [0.4, 0.5) is 5.69 Å². The van der Waals surface area contributed by atoms with Crippen LogP contribution in [0.25, 0.3) is 0 Å². The summed E-state index contributed by atoms with van der Waals surface area (Å²) in [6, 6.07) is 5.58. The Hall–Kier alpha value is -3.01. The molecule has 9 nitrogen and oxygen atoms in total. The number of methoxy groups -OCH3 is 1. The molecule has 0 aliphatic carbocycles. The molecule has 1 aliphatic heterocycles. The van der Waals surface area contributed by atoms with Crippen molar-refractivity contribution in [1.29, 1.82) is 0 Å². The molecule has 0 bridgehead atoms. The van der Waals surface area contributed by atoms with E-state index in [2.05, 4.69) is 21.2 Å². The smallest absolute Gasteiger partial charge is 0.286 e. The fourth-order valence-corrected chi connectivity index (χ4v) is 3.74. The Labute approximate surface area is 181 Å². The highest BCUT2D eigenvalue weighted by Gasteiger charge is 2.27. The first-order valence-corrected chi connectivity index (χ1v) is 10.0. The third-order valence-electron chi connectivity index (χ3n) is 4.50. The van der Waals surface area contributed by atoms with Crippen molar-refractivity contribution in [3.05, 3.63) is 50.0 Å². The van der Waals surface area contributed by atoms with Crippen molar-refractivity contribution in [3.63, 3.8) is 0 Å². The quantitative estimate of drug-likeness (QED) is 0.470. The van der Waals surface area contributed by atoms with Crippen molar-refractivity contribution in [3.8, 4) is 23.0 Å². The predicted molar refractivity (Wildman–Crippen MR) is 112 cm³/mol. The Morgan fingerprint density at radius 2 is 1.90 bits per heavy atom. The number of nitro groups is 1. The number of amides is 1. The molecule has 1 heterocycles. The normalized spacial score (nSPS) is 13.3. The SMILES string of the molecule is CCOc1cc([N+](=O)[O-])c(C(=O)NC(C)c2cc3c(cc2Br)OCCO3)cc1OC. The van der Waals surface area contributed by atoms with Crippen molar-refractivity contribution in [2.75, 3.05) is 26.9 Å². The van der Waals surface area contributed by atoms with Gasteiger partial charge in [0.05, 0.1) is 30.7 Å². The average molecular weight is 481 g/mol. The number of halogens is 1. The molecule has 1 atom stereocenters. The molecule has 0 aromatic heterocycles. The van der Waals surface area contributed by atoms with Crippen LogP contribution in [-0.2, 0) is 0 Å². The van der Waals surface area contributed by atoms with Gasteiger partial charge in [-0.1, -0.05) is 15.9 Å². The molecule has 2 aromatic rings. The lowest BCUT2D eigenvalue weighted by Crippen LogP contribution is -2.28. The van der Waals surface area contributed by atoms with Gasteiger partial charge >= 0.3 is 0 Å². The van der Waals surface area contributed by atoms with Gasteiger partial charge in [0.15, 0.2) is 23.0 Å². The van der Waals surface area contributed by atoms with E-state index in [1.54, 1.807) is 26.0 Å². The van der Waals surface area contributed by atoms with E-state index < -0.39 is 16.9 Å². The zero-order valence-corrected chi connectivity index (χ0v) is 18.3. The minimum absolute atomic E-state index is 0.124. The number of ether oxygens (including phenoxy) is 4. The van der Waals surface area contributed by atoms with Gasteiger partial charge in [-0.3, -0.25) is 14.9 Å². The van der Waals surface area contributed by atoms with Gasteiger partial charge in [0.2, 0.25) is 0 Å². The van der Waals surface area contributed by atoms with Crippen LogP contribution in [0.15, 0.2) is 28.7 Å². The highest BCUT2D eigenvalue weighted by molar-refractivity contribution is 9.10. The van der Waals surface area contributed by atoms with Gasteiger partial charge in [-0.05, 0) is 31.5 Å². The maximum absolute atomic E-state index is 12.9. The molecule has 0 fully saturated rings. The van der Waals surface area contributed by atoms with Crippen molar-refractivity contribution < 1.29 is 28.7 Å². The number of carbonyl (C=O) groups excluding carboxylic acids is 1. The van der Waals surface area contributed by atoms with E-state index in [1.807, 2.05) is 0 Å². The summed E-state index contributed by atoms with van der Waals surface area (Å²) in [5.74, 6) is 1.01. The van der Waals surface area contributed by atoms with Gasteiger partial charge in [-0.25, -0.2) is 0 Å². The minimum Gasteiger partial charge on any atom is -0.493 e. The summed E-state index contributed by atoms with van der Waals surface area (Å²) >= 11 is 3.48. The van der Waals surface area contributed by atoms with E-state index in [1.165, 1.54) is 19.2 Å². The molecule has 2 aromatic carbocycles. The summed E-state index contributed by atoms with van der Waals surface area (Å²) in [6.07, 6.45) is 0. The van der Waals surface area contributed by atoms with Gasteiger partial charge in [-0.2, -0.15) is 0 Å². The van der Waals surface area contributed by atoms with Crippen LogP contribution in [-0.4, -0.2) is 37.8 Å². The number of fused-ring (bicyclic) bond motifs is 1. The molecule has 30 heavy (non-hydrogen) atoms. The summed E-state index contributed by atoms with van der Waals surface area (Å²) in [6.45, 7) is 4.72. The first-order valence-electron chi connectivity index (χ1n) is 9.24. The fourth-order valence-electron chi connectivity index (χ4n) is 3.07. The summed E-state index contributed by atoms with van der Waals surface area (Å²) < 4.78 is 22.5. The topological polar surface area (TPSA) is 109 Å². The van der Waals surface area contributed by atoms with Crippen LogP contribution in [0.2, 0.25) is 0 Å². The molecule has 0 saturated carbocycles. The molecule has 1 aliphatic rings. The summed E-state index contributed by atoms with van der Waals surface area (Å²) in [7, 11) is 1.40. The fraction of sp³-hybridized carbons (Fsp3) is 0.350. The van der Waals surface area contributed by atoms with Crippen LogP contribution in [0.3, 0.4) is 0 Å². The van der Waals surface area contributed by atoms with Crippen molar-refractivity contribution in [2.24, 2.45) is 0 Å². The third-order valence-corrected chi connectivity index (χ3v) is 5.19. The minimum atomic E-state index is -0.623. The summed E-state index contributed by atoms with van der Waals surface area (Å²) in [4.78, 5) is 23.8. The molecule has 0 spiro atoms. The lowest BCUT2D eigenvalue weighted by atomic mass is 10.1. The molecule has 0 saturated heterocycles. The van der Waals surface area contributed by atoms with Crippen molar-refractivity contribution in [1.82, 2.24) is 5.32 Å². The van der Waals surface area contributed by atoms with E-state index in [0.29, 0.717) is 31.3 Å². The van der Waals surface area contributed by atoms with Crippen LogP contribution < -0.4 is 24.3 Å². The van der Waals surface area contributed by atoms with E-state index >= 15 is 0 Å². The second kappa shape index (κ2) is 9.21. The monoisotopic (exact) mass is 480 g/mol. The Balaban J connectivity index is 1.91. The van der Waals surface area contributed by atoms with Crippen LogP contribution >= 0.6 is 15.9 Å². The molecule has 3 rings (SSSR count). The second-order valence-corrected chi connectivity index (χ2v) is 7.28. The zero-order valence-electron chi connectivity index (χ0n) is 16.7. The maximum Gasteiger partial charge on any atom is 0.286 e. The standard InChI is InChI=1S/C20H21BrN2O7/c1-4-28-19-10-15(23(25)26)13(8-16(19)27-3)20(24)22-11(2)12-7-17-18(9-14(12)21)30-6-5-29-17/h7-11H,4-6H2,1-3H3,(H,22,24). The van der Waals surface area contributed by atoms with Gasteiger partial charge in [0.25, 0.3) is 11.6 Å². The lowest BCUT2D eigenvalue weighted by molar-refractivity contribution is -0.385. The highest BCUT2D eigenvalue weighted by Crippen LogP contribution is 2.38. The number of hydrogen-bond acceptors (Lipinski definition) is 7. The van der Waals surface area contributed by atoms with E-state index in [4.69, 9.17) is 18.9 Å². The predicted octanol–water partition coefficient (Wildman–Crippen LogP) is 4.03. The zero-order chi connectivity index (χ0) is 21.8. The summed E-state index contributed by atoms with van der Waals surface area (Å²) in [5, 5.41) is 14.3. The van der Waals surface area contributed by atoms with Crippen LogP contribution in [0, 0.1) is 10.1 Å². The molecule has 160 valence electrons. The number of hydrogen-bond donors (Lipinski definition) is 1. The van der Waals surface area contributed by atoms with E-state index in [-0.39, 0.29) is 22.7 Å². The lowest BCUT2D eigenvalue weighted by Gasteiger charge is -2.22. The number of nitrogens with zero attached hydrogens (tertiary/aromatic N) is 1. The van der Waals surface area contributed by atoms with E-state index in [9.17, 15) is 14.9 Å². The number of benzene rings is 2. The Morgan fingerprint density at radius 1 is 1.23 bits per heavy atom. The number of nitro benzene ring substituents is 1. The highest BCUT2D eigenvalue weighted by atomic mass is 79.9. The average Bonchev–Trinajstić information content (AvgIpc) is 2.72. The van der Waals surface area contributed by atoms with Crippen molar-refractivity contribution in [2.45, 2.75) is 19.9 Å². The van der Waals surface area contributed by atoms with Gasteiger partial charge in [-0.15, -0.1) is 0 Å².